The Bertz CT molecular complexity index is 237. The Morgan fingerprint density at radius 1 is 1.64 bits per heavy atom. The summed E-state index contributed by atoms with van der Waals surface area (Å²) >= 11 is 0. The predicted octanol–water partition coefficient (Wildman–Crippen LogP) is 1.57. The summed E-state index contributed by atoms with van der Waals surface area (Å²) in [4.78, 5) is 4.25. The first-order chi connectivity index (χ1) is 5.40. The normalized spacial score (nSPS) is 17.2. The largest absolute Gasteiger partial charge is 0.253 e. The first-order valence-electron chi connectivity index (χ1n) is 4.29. The summed E-state index contributed by atoms with van der Waals surface area (Å²) in [6.45, 7) is 3.15. The van der Waals surface area contributed by atoms with Gasteiger partial charge < -0.3 is 0 Å². The fraction of sp³-hybridized carbons (Fsp3) is 0.750. The van der Waals surface area contributed by atoms with Gasteiger partial charge in [0.1, 0.15) is 6.33 Å². The van der Waals surface area contributed by atoms with Crippen LogP contribution in [0.4, 0.5) is 0 Å². The molecule has 0 unspecified atom stereocenters. The summed E-state index contributed by atoms with van der Waals surface area (Å²) in [6.07, 6.45) is 5.55. The molecular weight excluding hydrogens is 138 g/mol. The second-order valence-corrected chi connectivity index (χ2v) is 3.14. The molecule has 0 N–H and O–H groups in total. The van der Waals surface area contributed by atoms with Crippen molar-refractivity contribution in [3.8, 4) is 0 Å². The van der Waals surface area contributed by atoms with Gasteiger partial charge in [0.25, 0.3) is 0 Å². The number of hydrogen-bond donors (Lipinski definition) is 0. The van der Waals surface area contributed by atoms with Gasteiger partial charge in [-0.3, -0.25) is 4.68 Å². The third-order valence-corrected chi connectivity index (χ3v) is 1.95. The summed E-state index contributed by atoms with van der Waals surface area (Å²) in [5.41, 5.74) is 0. The van der Waals surface area contributed by atoms with Crippen molar-refractivity contribution in [3.63, 3.8) is 0 Å². The first-order valence-corrected chi connectivity index (χ1v) is 4.29. The Balaban J connectivity index is 2.06. The molecule has 0 aliphatic heterocycles. The quantitative estimate of drug-likeness (QED) is 0.656. The second-order valence-electron chi connectivity index (χ2n) is 3.14. The SMILES string of the molecule is CCCn1cnc(C2CC2)n1. The molecule has 1 aromatic rings. The van der Waals surface area contributed by atoms with Crippen LogP contribution in [-0.2, 0) is 6.54 Å². The van der Waals surface area contributed by atoms with Gasteiger partial charge in [-0.05, 0) is 19.3 Å². The molecule has 2 rings (SSSR count). The van der Waals surface area contributed by atoms with Crippen molar-refractivity contribution in [2.75, 3.05) is 0 Å². The molecule has 0 aromatic carbocycles. The van der Waals surface area contributed by atoms with Crippen LogP contribution in [-0.4, -0.2) is 14.8 Å². The van der Waals surface area contributed by atoms with E-state index < -0.39 is 0 Å². The maximum Gasteiger partial charge on any atom is 0.153 e. The molecule has 60 valence electrons. The molecule has 1 aromatic heterocycles. The molecule has 1 fully saturated rings. The van der Waals surface area contributed by atoms with Crippen molar-refractivity contribution in [2.24, 2.45) is 0 Å². The summed E-state index contributed by atoms with van der Waals surface area (Å²) < 4.78 is 1.94. The molecule has 1 aliphatic rings. The predicted molar refractivity (Wildman–Crippen MR) is 42.3 cm³/mol. The van der Waals surface area contributed by atoms with Gasteiger partial charge in [0.05, 0.1) is 0 Å². The molecule has 0 bridgehead atoms. The van der Waals surface area contributed by atoms with E-state index in [1.807, 2.05) is 11.0 Å². The number of hydrogen-bond acceptors (Lipinski definition) is 2. The minimum atomic E-state index is 0.688. The molecule has 1 aliphatic carbocycles. The minimum absolute atomic E-state index is 0.688. The molecule has 0 saturated heterocycles. The molecule has 0 amide bonds. The molecule has 3 heteroatoms. The van der Waals surface area contributed by atoms with Gasteiger partial charge in [-0.15, -0.1) is 0 Å². The average molecular weight is 151 g/mol. The molecule has 11 heavy (non-hydrogen) atoms. The lowest BCUT2D eigenvalue weighted by Crippen LogP contribution is -1.97. The molecule has 3 nitrogen and oxygen atoms in total. The van der Waals surface area contributed by atoms with E-state index in [0.717, 1.165) is 18.8 Å². The van der Waals surface area contributed by atoms with Gasteiger partial charge in [-0.1, -0.05) is 6.92 Å². The van der Waals surface area contributed by atoms with Crippen LogP contribution in [0.5, 0.6) is 0 Å². The van der Waals surface area contributed by atoms with Gasteiger partial charge in [0.15, 0.2) is 5.82 Å². The van der Waals surface area contributed by atoms with Crippen LogP contribution in [0.25, 0.3) is 0 Å². The van der Waals surface area contributed by atoms with E-state index in [9.17, 15) is 0 Å². The van der Waals surface area contributed by atoms with Crippen LogP contribution in [0, 0.1) is 0 Å². The lowest BCUT2D eigenvalue weighted by molar-refractivity contribution is 0.594. The zero-order valence-corrected chi connectivity index (χ0v) is 6.82. The Morgan fingerprint density at radius 3 is 3.09 bits per heavy atom. The van der Waals surface area contributed by atoms with Gasteiger partial charge in [0.2, 0.25) is 0 Å². The van der Waals surface area contributed by atoms with E-state index in [1.165, 1.54) is 12.8 Å². The van der Waals surface area contributed by atoms with Crippen LogP contribution in [0.3, 0.4) is 0 Å². The van der Waals surface area contributed by atoms with Crippen LogP contribution >= 0.6 is 0 Å². The molecule has 0 radical (unpaired) electrons. The third-order valence-electron chi connectivity index (χ3n) is 1.95. The average Bonchev–Trinajstić information content (AvgIpc) is 2.75. The van der Waals surface area contributed by atoms with E-state index in [4.69, 9.17) is 0 Å². The summed E-state index contributed by atoms with van der Waals surface area (Å²) in [6, 6.07) is 0. The van der Waals surface area contributed by atoms with Gasteiger partial charge >= 0.3 is 0 Å². The smallest absolute Gasteiger partial charge is 0.153 e. The van der Waals surface area contributed by atoms with E-state index in [0.29, 0.717) is 5.92 Å². The molecule has 1 heterocycles. The van der Waals surface area contributed by atoms with Crippen LogP contribution in [0.1, 0.15) is 37.9 Å². The lowest BCUT2D eigenvalue weighted by Gasteiger charge is -1.93. The van der Waals surface area contributed by atoms with Crippen molar-refractivity contribution in [1.29, 1.82) is 0 Å². The van der Waals surface area contributed by atoms with Gasteiger partial charge in [-0.25, -0.2) is 4.98 Å². The Hall–Kier alpha value is -0.860. The van der Waals surface area contributed by atoms with Crippen molar-refractivity contribution < 1.29 is 0 Å². The molecular formula is C8H13N3. The van der Waals surface area contributed by atoms with Crippen molar-refractivity contribution in [3.05, 3.63) is 12.2 Å². The highest BCUT2D eigenvalue weighted by Gasteiger charge is 2.27. The highest BCUT2D eigenvalue weighted by Crippen LogP contribution is 2.37. The monoisotopic (exact) mass is 151 g/mol. The van der Waals surface area contributed by atoms with Gasteiger partial charge in [-0.2, -0.15) is 5.10 Å². The molecule has 1 saturated carbocycles. The van der Waals surface area contributed by atoms with E-state index >= 15 is 0 Å². The van der Waals surface area contributed by atoms with Crippen molar-refractivity contribution in [2.45, 2.75) is 38.6 Å². The summed E-state index contributed by atoms with van der Waals surface area (Å²) in [5.74, 6) is 1.74. The van der Waals surface area contributed by atoms with Crippen LogP contribution in [0.15, 0.2) is 6.33 Å². The van der Waals surface area contributed by atoms with E-state index in [2.05, 4.69) is 17.0 Å². The number of aromatic nitrogens is 3. The zero-order valence-electron chi connectivity index (χ0n) is 6.82. The molecule has 0 atom stereocenters. The first kappa shape index (κ1) is 6.83. The topological polar surface area (TPSA) is 30.7 Å². The van der Waals surface area contributed by atoms with Crippen LogP contribution in [0.2, 0.25) is 0 Å². The van der Waals surface area contributed by atoms with E-state index in [1.54, 1.807) is 0 Å². The maximum atomic E-state index is 4.37. The standard InChI is InChI=1S/C8H13N3/c1-2-5-11-6-9-8(10-11)7-3-4-7/h6-7H,2-5H2,1H3. The number of aryl methyl sites for hydroxylation is 1. The van der Waals surface area contributed by atoms with E-state index in [-0.39, 0.29) is 0 Å². The van der Waals surface area contributed by atoms with Crippen molar-refractivity contribution in [1.82, 2.24) is 14.8 Å². The fourth-order valence-corrected chi connectivity index (χ4v) is 1.17. The third kappa shape index (κ3) is 1.42. The lowest BCUT2D eigenvalue weighted by atomic mass is 10.4. The van der Waals surface area contributed by atoms with Crippen LogP contribution < -0.4 is 0 Å². The molecule has 0 spiro atoms. The highest BCUT2D eigenvalue weighted by atomic mass is 15.3. The zero-order chi connectivity index (χ0) is 7.68. The van der Waals surface area contributed by atoms with Crippen molar-refractivity contribution >= 4 is 0 Å². The maximum absolute atomic E-state index is 4.37. The fourth-order valence-electron chi connectivity index (χ4n) is 1.17. The highest BCUT2D eigenvalue weighted by molar-refractivity contribution is 5.02. The summed E-state index contributed by atoms with van der Waals surface area (Å²) in [7, 11) is 0. The Labute approximate surface area is 66.4 Å². The second kappa shape index (κ2) is 2.64. The number of nitrogens with zero attached hydrogens (tertiary/aromatic N) is 3. The Morgan fingerprint density at radius 2 is 2.45 bits per heavy atom. The van der Waals surface area contributed by atoms with Gasteiger partial charge in [0, 0.05) is 12.5 Å². The minimum Gasteiger partial charge on any atom is -0.253 e. The summed E-state index contributed by atoms with van der Waals surface area (Å²) in [5, 5.41) is 4.37. The Kier molecular flexibility index (Phi) is 1.64. The number of rotatable bonds is 3.